The number of phosphoric acid groups is 1. The standard InChI is InChI=1S/C41H72NO7P/c1-3-5-7-9-11-13-15-17-19-21-23-25-27-29-31-33-36-46-40(39-49-50(44,45)48-37-35-42)38-47-41(43)34-32-30-28-26-24-22-20-18-16-14-12-10-8-6-4-2/h6,8,12,14,17-20,24,26,33,36,40H,3-5,7,9-11,13,15-16,21-23,25,27-32,34-35,37-39,42H2,1-2H3,(H,44,45)/b8-6-,14-12-,19-17-,20-18-,26-24-,36-33-/t40-/m1/s1. The maximum Gasteiger partial charge on any atom is 0.472 e. The Bertz CT molecular complexity index is 989. The highest BCUT2D eigenvalue weighted by Crippen LogP contribution is 2.43. The molecule has 0 heterocycles. The zero-order valence-electron chi connectivity index (χ0n) is 31.6. The average Bonchev–Trinajstić information content (AvgIpc) is 3.11. The van der Waals surface area contributed by atoms with Crippen LogP contribution in [0.2, 0.25) is 0 Å². The van der Waals surface area contributed by atoms with Crippen molar-refractivity contribution in [2.24, 2.45) is 5.73 Å². The molecule has 3 N–H and O–H groups in total. The van der Waals surface area contributed by atoms with Gasteiger partial charge in [0.15, 0.2) is 6.10 Å². The fraction of sp³-hybridized carbons (Fsp3) is 0.683. The number of rotatable bonds is 36. The Labute approximate surface area is 305 Å². The van der Waals surface area contributed by atoms with Crippen molar-refractivity contribution in [3.05, 3.63) is 73.1 Å². The highest BCUT2D eigenvalue weighted by molar-refractivity contribution is 7.47. The molecule has 0 fully saturated rings. The van der Waals surface area contributed by atoms with Crippen molar-refractivity contribution < 1.29 is 32.8 Å². The van der Waals surface area contributed by atoms with E-state index in [0.717, 1.165) is 64.2 Å². The highest BCUT2D eigenvalue weighted by Gasteiger charge is 2.24. The van der Waals surface area contributed by atoms with Gasteiger partial charge in [-0.25, -0.2) is 4.57 Å². The lowest BCUT2D eigenvalue weighted by atomic mass is 10.1. The van der Waals surface area contributed by atoms with Crippen LogP contribution in [0.1, 0.15) is 149 Å². The third-order valence-electron chi connectivity index (χ3n) is 7.70. The molecule has 50 heavy (non-hydrogen) atoms. The number of allylic oxidation sites excluding steroid dienone is 11. The van der Waals surface area contributed by atoms with Gasteiger partial charge in [0, 0.05) is 13.0 Å². The SMILES string of the molecule is CC/C=C\C/C=C\C/C=C\C/C=C\CCCCC(=O)OC[C@H](COP(=O)(O)OCCN)O/C=C\CCCCCC/C=C\CCCCCCCC. The van der Waals surface area contributed by atoms with Gasteiger partial charge in [0.2, 0.25) is 0 Å². The first-order valence-electron chi connectivity index (χ1n) is 19.5. The van der Waals surface area contributed by atoms with Crippen LogP contribution in [0, 0.1) is 0 Å². The summed E-state index contributed by atoms with van der Waals surface area (Å²) in [6.07, 6.45) is 47.3. The van der Waals surface area contributed by atoms with E-state index >= 15 is 0 Å². The molecule has 0 aliphatic rings. The first kappa shape index (κ1) is 47.8. The van der Waals surface area contributed by atoms with Crippen LogP contribution < -0.4 is 5.73 Å². The van der Waals surface area contributed by atoms with Gasteiger partial charge in [-0.15, -0.1) is 0 Å². The second kappa shape index (κ2) is 38.0. The van der Waals surface area contributed by atoms with Crippen molar-refractivity contribution >= 4 is 13.8 Å². The van der Waals surface area contributed by atoms with Crippen LogP contribution in [0.15, 0.2) is 73.1 Å². The summed E-state index contributed by atoms with van der Waals surface area (Å²) >= 11 is 0. The maximum absolute atomic E-state index is 12.3. The molecule has 1 unspecified atom stereocenters. The number of nitrogens with two attached hydrogens (primary N) is 1. The summed E-state index contributed by atoms with van der Waals surface area (Å²) in [6, 6.07) is 0. The molecule has 8 nitrogen and oxygen atoms in total. The van der Waals surface area contributed by atoms with Crippen molar-refractivity contribution in [3.8, 4) is 0 Å². The van der Waals surface area contributed by atoms with Crippen LogP contribution in [-0.2, 0) is 27.9 Å². The fourth-order valence-corrected chi connectivity index (χ4v) is 5.55. The number of unbranched alkanes of at least 4 members (excludes halogenated alkanes) is 13. The number of carbonyl (C=O) groups is 1. The molecule has 0 radical (unpaired) electrons. The summed E-state index contributed by atoms with van der Waals surface area (Å²) < 4.78 is 33.0. The van der Waals surface area contributed by atoms with Gasteiger partial charge in [0.25, 0.3) is 0 Å². The Balaban J connectivity index is 4.24. The minimum atomic E-state index is -4.28. The van der Waals surface area contributed by atoms with E-state index in [1.165, 1.54) is 57.8 Å². The molecule has 0 aliphatic heterocycles. The van der Waals surface area contributed by atoms with Crippen LogP contribution >= 0.6 is 7.82 Å². The Morgan fingerprint density at radius 2 is 1.14 bits per heavy atom. The largest absolute Gasteiger partial charge is 0.492 e. The summed E-state index contributed by atoms with van der Waals surface area (Å²) in [4.78, 5) is 22.2. The normalized spacial score (nSPS) is 14.3. The van der Waals surface area contributed by atoms with Crippen molar-refractivity contribution in [3.63, 3.8) is 0 Å². The smallest absolute Gasteiger partial charge is 0.472 e. The molecule has 9 heteroatoms. The summed E-state index contributed by atoms with van der Waals surface area (Å²) in [5, 5.41) is 0. The third-order valence-corrected chi connectivity index (χ3v) is 8.68. The molecule has 0 aliphatic carbocycles. The molecule has 0 bridgehead atoms. The highest BCUT2D eigenvalue weighted by atomic mass is 31.2. The molecule has 0 aromatic rings. The molecular formula is C41H72NO7P. The van der Waals surface area contributed by atoms with Crippen LogP contribution in [-0.4, -0.2) is 43.3 Å². The minimum absolute atomic E-state index is 0.0897. The summed E-state index contributed by atoms with van der Waals surface area (Å²) in [6.45, 7) is 4.01. The fourth-order valence-electron chi connectivity index (χ4n) is 4.79. The number of phosphoric ester groups is 1. The van der Waals surface area contributed by atoms with Crippen molar-refractivity contribution in [2.75, 3.05) is 26.4 Å². The molecule has 2 atom stereocenters. The first-order chi connectivity index (χ1) is 24.4. The van der Waals surface area contributed by atoms with E-state index in [1.807, 2.05) is 6.08 Å². The van der Waals surface area contributed by atoms with Gasteiger partial charge in [-0.05, 0) is 89.5 Å². The van der Waals surface area contributed by atoms with E-state index in [-0.39, 0.29) is 32.3 Å². The summed E-state index contributed by atoms with van der Waals surface area (Å²) in [5.74, 6) is -0.337. The summed E-state index contributed by atoms with van der Waals surface area (Å²) in [5.41, 5.74) is 5.35. The maximum atomic E-state index is 12.3. The Morgan fingerprint density at radius 1 is 0.640 bits per heavy atom. The zero-order chi connectivity index (χ0) is 36.6. The van der Waals surface area contributed by atoms with Gasteiger partial charge < -0.3 is 20.1 Å². The second-order valence-electron chi connectivity index (χ2n) is 12.5. The van der Waals surface area contributed by atoms with Gasteiger partial charge in [-0.1, -0.05) is 120 Å². The van der Waals surface area contributed by atoms with Gasteiger partial charge in [-0.2, -0.15) is 0 Å². The van der Waals surface area contributed by atoms with E-state index in [2.05, 4.69) is 74.6 Å². The Kier molecular flexibility index (Phi) is 36.3. The lowest BCUT2D eigenvalue weighted by molar-refractivity contribution is -0.147. The lowest BCUT2D eigenvalue weighted by Crippen LogP contribution is -2.25. The zero-order valence-corrected chi connectivity index (χ0v) is 32.5. The quantitative estimate of drug-likeness (QED) is 0.0216. The average molecular weight is 722 g/mol. The first-order valence-corrected chi connectivity index (χ1v) is 21.0. The van der Waals surface area contributed by atoms with E-state index in [1.54, 1.807) is 6.26 Å². The number of esters is 1. The Morgan fingerprint density at radius 3 is 1.72 bits per heavy atom. The van der Waals surface area contributed by atoms with Crippen LogP contribution in [0.3, 0.4) is 0 Å². The molecule has 0 rings (SSSR count). The molecule has 0 spiro atoms. The number of hydrogen-bond acceptors (Lipinski definition) is 7. The number of carbonyl (C=O) groups excluding carboxylic acids is 1. The molecule has 0 saturated carbocycles. The predicted molar refractivity (Wildman–Crippen MR) is 210 cm³/mol. The van der Waals surface area contributed by atoms with Gasteiger partial charge >= 0.3 is 13.8 Å². The number of hydrogen-bond donors (Lipinski definition) is 2. The monoisotopic (exact) mass is 722 g/mol. The molecule has 0 amide bonds. The predicted octanol–water partition coefficient (Wildman–Crippen LogP) is 11.5. The second-order valence-corrected chi connectivity index (χ2v) is 13.9. The molecule has 0 aromatic heterocycles. The van der Waals surface area contributed by atoms with E-state index in [0.29, 0.717) is 12.8 Å². The van der Waals surface area contributed by atoms with Gasteiger partial charge in [0.05, 0.1) is 19.5 Å². The van der Waals surface area contributed by atoms with Crippen molar-refractivity contribution in [1.29, 1.82) is 0 Å². The third kappa shape index (κ3) is 37.0. The Hall–Kier alpha value is -2.22. The minimum Gasteiger partial charge on any atom is -0.492 e. The van der Waals surface area contributed by atoms with Crippen molar-refractivity contribution in [2.45, 2.75) is 155 Å². The van der Waals surface area contributed by atoms with Crippen molar-refractivity contribution in [1.82, 2.24) is 0 Å². The van der Waals surface area contributed by atoms with Crippen LogP contribution in [0.5, 0.6) is 0 Å². The molecule has 0 aromatic carbocycles. The molecule has 0 saturated heterocycles. The van der Waals surface area contributed by atoms with Gasteiger partial charge in [0.1, 0.15) is 6.61 Å². The van der Waals surface area contributed by atoms with E-state index in [4.69, 9.17) is 24.3 Å². The molecular weight excluding hydrogens is 649 g/mol. The van der Waals surface area contributed by atoms with Crippen LogP contribution in [0.25, 0.3) is 0 Å². The number of ether oxygens (including phenoxy) is 2. The molecule has 288 valence electrons. The van der Waals surface area contributed by atoms with Gasteiger partial charge in [-0.3, -0.25) is 13.8 Å². The topological polar surface area (TPSA) is 117 Å². The van der Waals surface area contributed by atoms with E-state index in [9.17, 15) is 14.3 Å². The van der Waals surface area contributed by atoms with E-state index < -0.39 is 13.9 Å². The van der Waals surface area contributed by atoms with Crippen LogP contribution in [0.4, 0.5) is 0 Å². The summed E-state index contributed by atoms with van der Waals surface area (Å²) in [7, 11) is -4.28. The lowest BCUT2D eigenvalue weighted by Gasteiger charge is -2.19.